The second kappa shape index (κ2) is 5.84. The molecule has 0 atom stereocenters. The summed E-state index contributed by atoms with van der Waals surface area (Å²) in [5.41, 5.74) is 0.474. The van der Waals surface area contributed by atoms with Crippen molar-refractivity contribution < 1.29 is 9.53 Å². The topological polar surface area (TPSA) is 68.2 Å². The van der Waals surface area contributed by atoms with E-state index < -0.39 is 5.97 Å². The molecule has 0 aromatic carbocycles. The van der Waals surface area contributed by atoms with Gasteiger partial charge >= 0.3 is 5.97 Å². The number of halogens is 1. The molecule has 0 aliphatic carbocycles. The first-order valence-corrected chi connectivity index (χ1v) is 8.54. The van der Waals surface area contributed by atoms with Crippen LogP contribution < -0.4 is 4.90 Å². The van der Waals surface area contributed by atoms with Crippen LogP contribution in [0, 0.1) is 0 Å². The van der Waals surface area contributed by atoms with Gasteiger partial charge in [0.2, 0.25) is 0 Å². The van der Waals surface area contributed by atoms with Gasteiger partial charge in [0, 0.05) is 25.6 Å². The van der Waals surface area contributed by atoms with Crippen LogP contribution in [0.15, 0.2) is 6.07 Å². The number of rotatable bonds is 4. The fraction of sp³-hybridized carbons (Fsp3) is 0.273. The second-order valence-electron chi connectivity index (χ2n) is 4.24. The van der Waals surface area contributed by atoms with Crippen LogP contribution in [0.2, 0.25) is 4.34 Å². The molecule has 6 nitrogen and oxygen atoms in total. The van der Waals surface area contributed by atoms with Crippen LogP contribution in [-0.2, 0) is 11.3 Å². The van der Waals surface area contributed by atoms with E-state index in [1.807, 2.05) is 19.0 Å². The van der Waals surface area contributed by atoms with Gasteiger partial charge in [-0.3, -0.25) is 0 Å². The van der Waals surface area contributed by atoms with Crippen molar-refractivity contribution in [3.63, 3.8) is 0 Å². The van der Waals surface area contributed by atoms with E-state index in [1.165, 1.54) is 22.7 Å². The summed E-state index contributed by atoms with van der Waals surface area (Å²) >= 11 is 9.77. The lowest BCUT2D eigenvalue weighted by atomic mass is 10.4. The molecule has 0 spiro atoms. The van der Waals surface area contributed by atoms with Crippen LogP contribution in [0.3, 0.4) is 0 Å². The number of anilines is 1. The zero-order valence-electron chi connectivity index (χ0n) is 11.0. The highest BCUT2D eigenvalue weighted by atomic mass is 35.5. The van der Waals surface area contributed by atoms with Crippen LogP contribution in [0.4, 0.5) is 5.13 Å². The lowest BCUT2D eigenvalue weighted by Crippen LogP contribution is -2.07. The largest absolute Gasteiger partial charge is 0.455 e. The third kappa shape index (κ3) is 3.00. The fourth-order valence-corrected chi connectivity index (χ4v) is 4.13. The zero-order chi connectivity index (χ0) is 15.0. The Morgan fingerprint density at radius 3 is 2.86 bits per heavy atom. The molecule has 110 valence electrons. The average Bonchev–Trinajstić information content (AvgIpc) is 3.09. The van der Waals surface area contributed by atoms with E-state index in [2.05, 4.69) is 14.6 Å². The van der Waals surface area contributed by atoms with E-state index >= 15 is 0 Å². The SMILES string of the molecule is CN(C)c1nc2sc(C(=O)OCc3nnsc3Cl)cc2s1. The molecule has 0 fully saturated rings. The minimum atomic E-state index is -0.402. The summed E-state index contributed by atoms with van der Waals surface area (Å²) in [4.78, 5) is 19.8. The van der Waals surface area contributed by atoms with Crippen LogP contribution in [0.1, 0.15) is 15.4 Å². The molecule has 21 heavy (non-hydrogen) atoms. The van der Waals surface area contributed by atoms with Crippen molar-refractivity contribution in [1.82, 2.24) is 14.6 Å². The number of hydrogen-bond donors (Lipinski definition) is 0. The zero-order valence-corrected chi connectivity index (χ0v) is 14.2. The molecule has 3 rings (SSSR count). The van der Waals surface area contributed by atoms with E-state index in [9.17, 15) is 4.79 Å². The maximum atomic E-state index is 12.0. The Hall–Kier alpha value is -1.29. The quantitative estimate of drug-likeness (QED) is 0.665. The fourth-order valence-electron chi connectivity index (χ4n) is 1.50. The Bertz CT molecular complexity index is 763. The summed E-state index contributed by atoms with van der Waals surface area (Å²) in [5.74, 6) is -0.402. The normalized spacial score (nSPS) is 11.0. The molecule has 0 N–H and O–H groups in total. The minimum absolute atomic E-state index is 0.0239. The number of aromatic nitrogens is 3. The molecule has 0 aliphatic rings. The Morgan fingerprint density at radius 2 is 2.24 bits per heavy atom. The number of thiophene rings is 1. The number of nitrogens with zero attached hydrogens (tertiary/aromatic N) is 4. The molecule has 3 aromatic rings. The Morgan fingerprint density at radius 1 is 1.43 bits per heavy atom. The maximum Gasteiger partial charge on any atom is 0.348 e. The van der Waals surface area contributed by atoms with Crippen LogP contribution in [0.25, 0.3) is 9.53 Å². The van der Waals surface area contributed by atoms with Crippen LogP contribution in [0.5, 0.6) is 0 Å². The lowest BCUT2D eigenvalue weighted by molar-refractivity contribution is 0.0474. The molecule has 0 aliphatic heterocycles. The first kappa shape index (κ1) is 14.6. The van der Waals surface area contributed by atoms with Gasteiger partial charge in [-0.05, 0) is 6.07 Å². The Kier molecular flexibility index (Phi) is 4.07. The first-order valence-electron chi connectivity index (χ1n) is 5.76. The van der Waals surface area contributed by atoms with Gasteiger partial charge in [0.25, 0.3) is 0 Å². The highest BCUT2D eigenvalue weighted by Gasteiger charge is 2.17. The lowest BCUT2D eigenvalue weighted by Gasteiger charge is -2.05. The van der Waals surface area contributed by atoms with Gasteiger partial charge in [-0.1, -0.05) is 27.4 Å². The molecule has 3 heterocycles. The van der Waals surface area contributed by atoms with Crippen molar-refractivity contribution >= 4 is 66.4 Å². The number of hydrogen-bond acceptors (Lipinski definition) is 9. The summed E-state index contributed by atoms with van der Waals surface area (Å²) in [7, 11) is 3.87. The highest BCUT2D eigenvalue weighted by Crippen LogP contribution is 2.34. The Balaban J connectivity index is 1.72. The molecular formula is C11H9ClN4O2S3. The first-order chi connectivity index (χ1) is 10.0. The van der Waals surface area contributed by atoms with E-state index in [0.29, 0.717) is 14.9 Å². The molecule has 3 aromatic heterocycles. The molecule has 0 bridgehead atoms. The van der Waals surface area contributed by atoms with Gasteiger partial charge in [0.05, 0.1) is 4.70 Å². The summed E-state index contributed by atoms with van der Waals surface area (Å²) < 4.78 is 10.3. The minimum Gasteiger partial charge on any atom is -0.455 e. The molecule has 0 saturated heterocycles. The predicted octanol–water partition coefficient (Wildman–Crippen LogP) is 3.29. The second-order valence-corrected chi connectivity index (χ2v) is 7.64. The predicted molar refractivity (Wildman–Crippen MR) is 85.9 cm³/mol. The third-order valence-electron chi connectivity index (χ3n) is 2.51. The number of fused-ring (bicyclic) bond motifs is 1. The van der Waals surface area contributed by atoms with Gasteiger partial charge in [-0.2, -0.15) is 0 Å². The van der Waals surface area contributed by atoms with Crippen LogP contribution in [-0.4, -0.2) is 34.6 Å². The van der Waals surface area contributed by atoms with E-state index in [1.54, 1.807) is 6.07 Å². The highest BCUT2D eigenvalue weighted by molar-refractivity contribution is 7.29. The molecule has 0 saturated carbocycles. The van der Waals surface area contributed by atoms with Crippen molar-refractivity contribution in [3.8, 4) is 0 Å². The van der Waals surface area contributed by atoms with Gasteiger partial charge in [-0.15, -0.1) is 16.4 Å². The average molecular weight is 361 g/mol. The third-order valence-corrected chi connectivity index (χ3v) is 5.80. The van der Waals surface area contributed by atoms with Crippen LogP contribution >= 0.6 is 45.8 Å². The molecule has 0 unspecified atom stereocenters. The summed E-state index contributed by atoms with van der Waals surface area (Å²) in [6.45, 7) is 0.0239. The Labute approximate surface area is 137 Å². The number of ether oxygens (including phenoxy) is 1. The van der Waals surface area contributed by atoms with E-state index in [4.69, 9.17) is 16.3 Å². The number of thiazole rings is 1. The molecule has 0 radical (unpaired) electrons. The van der Waals surface area contributed by atoms with Crippen molar-refractivity contribution in [1.29, 1.82) is 0 Å². The van der Waals surface area contributed by atoms with E-state index in [0.717, 1.165) is 26.2 Å². The van der Waals surface area contributed by atoms with Crippen molar-refractivity contribution in [3.05, 3.63) is 21.0 Å². The summed E-state index contributed by atoms with van der Waals surface area (Å²) in [5, 5.41) is 4.71. The summed E-state index contributed by atoms with van der Waals surface area (Å²) in [6, 6.07) is 1.80. The number of esters is 1. The van der Waals surface area contributed by atoms with Crippen molar-refractivity contribution in [2.24, 2.45) is 0 Å². The molecule has 0 amide bonds. The van der Waals surface area contributed by atoms with Gasteiger partial charge in [-0.25, -0.2) is 9.78 Å². The standard InChI is InChI=1S/C11H9ClN4O2S3/c1-16(2)11-13-9-6(20-11)3-7(19-9)10(17)18-4-5-8(12)21-15-14-5/h3H,4H2,1-2H3. The smallest absolute Gasteiger partial charge is 0.348 e. The van der Waals surface area contributed by atoms with Crippen molar-refractivity contribution in [2.75, 3.05) is 19.0 Å². The maximum absolute atomic E-state index is 12.0. The van der Waals surface area contributed by atoms with E-state index in [-0.39, 0.29) is 6.61 Å². The van der Waals surface area contributed by atoms with Gasteiger partial charge < -0.3 is 9.64 Å². The molecule has 10 heteroatoms. The summed E-state index contributed by atoms with van der Waals surface area (Å²) in [6.07, 6.45) is 0. The molecular weight excluding hydrogens is 352 g/mol. The number of carbonyl (C=O) groups excluding carboxylic acids is 1. The van der Waals surface area contributed by atoms with Crippen molar-refractivity contribution in [2.45, 2.75) is 6.61 Å². The van der Waals surface area contributed by atoms with Gasteiger partial charge in [0.1, 0.15) is 26.3 Å². The van der Waals surface area contributed by atoms with Gasteiger partial charge in [0.15, 0.2) is 5.13 Å². The number of carbonyl (C=O) groups is 1. The monoisotopic (exact) mass is 360 g/mol.